The largest absolute Gasteiger partial charge is 0.477 e. The molecule has 1 aliphatic rings. The molecule has 6 heteroatoms. The van der Waals surface area contributed by atoms with Crippen LogP contribution in [0.3, 0.4) is 0 Å². The Kier molecular flexibility index (Phi) is 2.73. The second-order valence-electron chi connectivity index (χ2n) is 3.44. The van der Waals surface area contributed by atoms with E-state index in [1.165, 1.54) is 7.05 Å². The van der Waals surface area contributed by atoms with E-state index in [4.69, 9.17) is 5.11 Å². The molecule has 1 saturated heterocycles. The normalized spacial score (nSPS) is 23.8. The summed E-state index contributed by atoms with van der Waals surface area (Å²) in [5.41, 5.74) is 0. The van der Waals surface area contributed by atoms with Crippen molar-refractivity contribution in [3.8, 4) is 0 Å². The first-order chi connectivity index (χ1) is 6.35. The van der Waals surface area contributed by atoms with Crippen molar-refractivity contribution in [3.63, 3.8) is 0 Å². The van der Waals surface area contributed by atoms with Gasteiger partial charge in [0.05, 0.1) is 5.92 Å². The first kappa shape index (κ1) is 10.9. The molecule has 1 amide bonds. The van der Waals surface area contributed by atoms with E-state index in [1.807, 2.05) is 0 Å². The molecule has 1 aliphatic heterocycles. The molecule has 1 atom stereocenters. The van der Waals surface area contributed by atoms with Crippen LogP contribution in [-0.4, -0.2) is 41.4 Å². The quantitative estimate of drug-likeness (QED) is 0.720. The van der Waals surface area contributed by atoms with Gasteiger partial charge in [-0.3, -0.25) is 4.79 Å². The number of rotatable bonds is 2. The fraction of sp³-hybridized carbons (Fsp3) is 0.750. The summed E-state index contributed by atoms with van der Waals surface area (Å²) in [7, 11) is 1.40. The number of hydrogen-bond acceptors (Lipinski definition) is 2. The highest BCUT2D eigenvalue weighted by Crippen LogP contribution is 2.32. The Balaban J connectivity index is 2.72. The number of carbonyl (C=O) groups is 2. The van der Waals surface area contributed by atoms with E-state index in [0.717, 1.165) is 4.90 Å². The molecule has 1 heterocycles. The Morgan fingerprint density at radius 2 is 2.21 bits per heavy atom. The molecule has 0 saturated carbocycles. The Hall–Kier alpha value is -1.20. The predicted octanol–water partition coefficient (Wildman–Crippen LogP) is 0.575. The van der Waals surface area contributed by atoms with E-state index in [9.17, 15) is 18.4 Å². The van der Waals surface area contributed by atoms with Gasteiger partial charge in [-0.05, 0) is 6.42 Å². The number of carbonyl (C=O) groups excluding carboxylic acids is 1. The van der Waals surface area contributed by atoms with Gasteiger partial charge in [-0.1, -0.05) is 0 Å². The van der Waals surface area contributed by atoms with Crippen molar-refractivity contribution < 1.29 is 23.5 Å². The molecule has 14 heavy (non-hydrogen) atoms. The van der Waals surface area contributed by atoms with Crippen LogP contribution in [-0.2, 0) is 9.59 Å². The van der Waals surface area contributed by atoms with Crippen molar-refractivity contribution in [1.82, 2.24) is 4.90 Å². The molecule has 0 spiro atoms. The van der Waals surface area contributed by atoms with Crippen LogP contribution in [0.4, 0.5) is 8.78 Å². The topological polar surface area (TPSA) is 57.6 Å². The molecule has 80 valence electrons. The number of carboxylic acid groups (broad SMARTS) is 1. The molecular formula is C8H11F2NO3. The van der Waals surface area contributed by atoms with Crippen LogP contribution in [0.25, 0.3) is 0 Å². The summed E-state index contributed by atoms with van der Waals surface area (Å²) in [6.07, 6.45) is -0.0769. The van der Waals surface area contributed by atoms with Gasteiger partial charge in [-0.25, -0.2) is 4.79 Å². The summed E-state index contributed by atoms with van der Waals surface area (Å²) in [5, 5.41) is 8.29. The number of halogens is 2. The highest BCUT2D eigenvalue weighted by Gasteiger charge is 2.49. The van der Waals surface area contributed by atoms with Gasteiger partial charge in [-0.2, -0.15) is 8.78 Å². The Morgan fingerprint density at radius 1 is 1.64 bits per heavy atom. The van der Waals surface area contributed by atoms with Crippen LogP contribution in [0.15, 0.2) is 0 Å². The maximum absolute atomic E-state index is 13.0. The fourth-order valence-corrected chi connectivity index (χ4v) is 1.48. The molecule has 0 aliphatic carbocycles. The highest BCUT2D eigenvalue weighted by molar-refractivity contribution is 5.79. The van der Waals surface area contributed by atoms with E-state index in [0.29, 0.717) is 0 Å². The Morgan fingerprint density at radius 3 is 2.64 bits per heavy atom. The summed E-state index contributed by atoms with van der Waals surface area (Å²) in [6.45, 7) is -0.196. The van der Waals surface area contributed by atoms with Crippen LogP contribution < -0.4 is 0 Å². The van der Waals surface area contributed by atoms with Crippen molar-refractivity contribution in [1.29, 1.82) is 0 Å². The molecule has 0 aromatic carbocycles. The van der Waals surface area contributed by atoms with E-state index < -0.39 is 17.8 Å². The number of piperidine rings is 1. The minimum Gasteiger partial charge on any atom is -0.477 e. The lowest BCUT2D eigenvalue weighted by Crippen LogP contribution is -2.47. The smallest absolute Gasteiger partial charge is 0.374 e. The molecule has 0 aromatic rings. The zero-order chi connectivity index (χ0) is 10.9. The average Bonchev–Trinajstić information content (AvgIpc) is 2.09. The van der Waals surface area contributed by atoms with Gasteiger partial charge in [0, 0.05) is 20.0 Å². The number of nitrogens with zero attached hydrogens (tertiary/aromatic N) is 1. The third kappa shape index (κ3) is 1.83. The van der Waals surface area contributed by atoms with E-state index in [-0.39, 0.29) is 25.3 Å². The molecule has 0 bridgehead atoms. The molecule has 1 rings (SSSR count). The number of aliphatic carboxylic acids is 1. The fourth-order valence-electron chi connectivity index (χ4n) is 1.48. The first-order valence-corrected chi connectivity index (χ1v) is 4.21. The van der Waals surface area contributed by atoms with Crippen molar-refractivity contribution in [2.24, 2.45) is 5.92 Å². The Bertz CT molecular complexity index is 267. The number of hydrogen-bond donors (Lipinski definition) is 1. The molecule has 1 N–H and O–H groups in total. The average molecular weight is 207 g/mol. The molecule has 0 radical (unpaired) electrons. The zero-order valence-electron chi connectivity index (χ0n) is 7.67. The second-order valence-corrected chi connectivity index (χ2v) is 3.44. The van der Waals surface area contributed by atoms with Crippen LogP contribution in [0.5, 0.6) is 0 Å². The van der Waals surface area contributed by atoms with Crippen molar-refractivity contribution in [2.45, 2.75) is 18.8 Å². The summed E-state index contributed by atoms with van der Waals surface area (Å²) in [5.74, 6) is -7.36. The van der Waals surface area contributed by atoms with Crippen LogP contribution in [0.1, 0.15) is 12.8 Å². The minimum atomic E-state index is -3.74. The van der Waals surface area contributed by atoms with Gasteiger partial charge in [-0.15, -0.1) is 0 Å². The molecular weight excluding hydrogens is 196 g/mol. The monoisotopic (exact) mass is 207 g/mol. The zero-order valence-corrected chi connectivity index (χ0v) is 7.67. The standard InChI is InChI=1S/C8H11F2NO3/c1-11-4-5(2-3-6(11)12)8(9,10)7(13)14/h5H,2-4H2,1H3,(H,13,14). The van der Waals surface area contributed by atoms with Gasteiger partial charge in [0.15, 0.2) is 0 Å². The number of amides is 1. The van der Waals surface area contributed by atoms with Crippen LogP contribution in [0, 0.1) is 5.92 Å². The summed E-state index contributed by atoms with van der Waals surface area (Å²) < 4.78 is 26.0. The van der Waals surface area contributed by atoms with Crippen molar-refractivity contribution in [3.05, 3.63) is 0 Å². The summed E-state index contributed by atoms with van der Waals surface area (Å²) in [4.78, 5) is 22.4. The Labute approximate surface area is 79.5 Å². The van der Waals surface area contributed by atoms with Crippen LogP contribution >= 0.6 is 0 Å². The third-order valence-corrected chi connectivity index (χ3v) is 2.42. The molecule has 1 unspecified atom stereocenters. The van der Waals surface area contributed by atoms with Crippen LogP contribution in [0.2, 0.25) is 0 Å². The number of alkyl halides is 2. The van der Waals surface area contributed by atoms with Gasteiger partial charge in [0.25, 0.3) is 0 Å². The maximum Gasteiger partial charge on any atom is 0.374 e. The number of carboxylic acids is 1. The third-order valence-electron chi connectivity index (χ3n) is 2.42. The SMILES string of the molecule is CN1CC(C(F)(F)C(=O)O)CCC1=O. The second kappa shape index (κ2) is 3.51. The minimum absolute atomic E-state index is 0.00988. The van der Waals surface area contributed by atoms with Gasteiger partial charge >= 0.3 is 11.9 Å². The van der Waals surface area contributed by atoms with E-state index in [2.05, 4.69) is 0 Å². The predicted molar refractivity (Wildman–Crippen MR) is 42.9 cm³/mol. The molecule has 1 fully saturated rings. The lowest BCUT2D eigenvalue weighted by atomic mass is 9.91. The highest BCUT2D eigenvalue weighted by atomic mass is 19.3. The first-order valence-electron chi connectivity index (χ1n) is 4.21. The van der Waals surface area contributed by atoms with Crippen molar-refractivity contribution in [2.75, 3.05) is 13.6 Å². The van der Waals surface area contributed by atoms with Crippen molar-refractivity contribution >= 4 is 11.9 Å². The maximum atomic E-state index is 13.0. The molecule has 0 aromatic heterocycles. The van der Waals surface area contributed by atoms with Gasteiger partial charge in [0.2, 0.25) is 5.91 Å². The molecule has 4 nitrogen and oxygen atoms in total. The van der Waals surface area contributed by atoms with Gasteiger partial charge in [0.1, 0.15) is 0 Å². The lowest BCUT2D eigenvalue weighted by molar-refractivity contribution is -0.178. The van der Waals surface area contributed by atoms with E-state index >= 15 is 0 Å². The summed E-state index contributed by atoms with van der Waals surface area (Å²) >= 11 is 0. The van der Waals surface area contributed by atoms with Gasteiger partial charge < -0.3 is 10.0 Å². The summed E-state index contributed by atoms with van der Waals surface area (Å²) in [6, 6.07) is 0. The van der Waals surface area contributed by atoms with E-state index in [1.54, 1.807) is 0 Å². The number of likely N-dealkylation sites (tertiary alicyclic amines) is 1. The lowest BCUT2D eigenvalue weighted by Gasteiger charge is -2.32.